The molecule has 1 aromatic carbocycles. The Morgan fingerprint density at radius 3 is 2.81 bits per heavy atom. The Hall–Kier alpha value is -1.77. The van der Waals surface area contributed by atoms with E-state index in [0.29, 0.717) is 29.7 Å². The van der Waals surface area contributed by atoms with Crippen molar-refractivity contribution in [2.75, 3.05) is 13.1 Å². The number of aromatic nitrogens is 2. The molecule has 1 unspecified atom stereocenters. The second-order valence-corrected chi connectivity index (χ2v) is 9.25. The SMILES string of the molecule is Cc1noc(COC2CCCN(S(=O)(=O)c3ccc4c(c3)CCCC4)C2)n1. The van der Waals surface area contributed by atoms with Crippen LogP contribution in [0.3, 0.4) is 0 Å². The summed E-state index contributed by atoms with van der Waals surface area (Å²) < 4.78 is 38.7. The van der Waals surface area contributed by atoms with Crippen LogP contribution < -0.4 is 0 Å². The maximum atomic E-state index is 13.1. The quantitative estimate of drug-likeness (QED) is 0.779. The number of sulfonamides is 1. The van der Waals surface area contributed by atoms with Crippen LogP contribution in [-0.2, 0) is 34.2 Å². The summed E-state index contributed by atoms with van der Waals surface area (Å²) in [6, 6.07) is 5.61. The molecule has 1 aromatic heterocycles. The van der Waals surface area contributed by atoms with Crippen molar-refractivity contribution in [2.45, 2.75) is 63.1 Å². The van der Waals surface area contributed by atoms with Crippen LogP contribution in [0, 0.1) is 6.92 Å². The van der Waals surface area contributed by atoms with Gasteiger partial charge in [-0.2, -0.15) is 9.29 Å². The molecule has 146 valence electrons. The van der Waals surface area contributed by atoms with Gasteiger partial charge in [-0.05, 0) is 68.7 Å². The first-order chi connectivity index (χ1) is 13.0. The van der Waals surface area contributed by atoms with E-state index in [0.717, 1.165) is 32.1 Å². The molecular formula is C19H25N3O4S. The van der Waals surface area contributed by atoms with Crippen molar-refractivity contribution >= 4 is 10.0 Å². The summed E-state index contributed by atoms with van der Waals surface area (Å²) in [4.78, 5) is 4.52. The zero-order valence-corrected chi connectivity index (χ0v) is 16.4. The second-order valence-electron chi connectivity index (χ2n) is 7.31. The van der Waals surface area contributed by atoms with E-state index in [9.17, 15) is 8.42 Å². The molecule has 0 saturated carbocycles. The summed E-state index contributed by atoms with van der Waals surface area (Å²) in [5, 5.41) is 3.74. The highest BCUT2D eigenvalue weighted by atomic mass is 32.2. The van der Waals surface area contributed by atoms with Crippen molar-refractivity contribution < 1.29 is 17.7 Å². The summed E-state index contributed by atoms with van der Waals surface area (Å²) in [5.41, 5.74) is 2.47. The summed E-state index contributed by atoms with van der Waals surface area (Å²) in [5.74, 6) is 0.982. The fraction of sp³-hybridized carbons (Fsp3) is 0.579. The van der Waals surface area contributed by atoms with Gasteiger partial charge < -0.3 is 9.26 Å². The average molecular weight is 391 g/mol. The summed E-state index contributed by atoms with van der Waals surface area (Å²) in [6.45, 7) is 2.84. The lowest BCUT2D eigenvalue weighted by atomic mass is 9.92. The number of hydrogen-bond donors (Lipinski definition) is 0. The van der Waals surface area contributed by atoms with E-state index in [1.807, 2.05) is 12.1 Å². The minimum Gasteiger partial charge on any atom is -0.367 e. The van der Waals surface area contributed by atoms with Crippen LogP contribution in [-0.4, -0.2) is 42.1 Å². The number of rotatable bonds is 5. The molecule has 0 bridgehead atoms. The van der Waals surface area contributed by atoms with E-state index >= 15 is 0 Å². The fourth-order valence-electron chi connectivity index (χ4n) is 3.87. The third-order valence-electron chi connectivity index (χ3n) is 5.31. The third-order valence-corrected chi connectivity index (χ3v) is 7.17. The number of piperidine rings is 1. The van der Waals surface area contributed by atoms with Crippen LogP contribution in [0.5, 0.6) is 0 Å². The highest BCUT2D eigenvalue weighted by Crippen LogP contribution is 2.27. The molecule has 0 amide bonds. The number of ether oxygens (including phenoxy) is 1. The summed E-state index contributed by atoms with van der Waals surface area (Å²) in [7, 11) is -3.51. The maximum Gasteiger partial charge on any atom is 0.252 e. The van der Waals surface area contributed by atoms with Gasteiger partial charge in [-0.3, -0.25) is 0 Å². The van der Waals surface area contributed by atoms with E-state index in [2.05, 4.69) is 10.1 Å². The van der Waals surface area contributed by atoms with E-state index in [1.54, 1.807) is 17.3 Å². The molecular weight excluding hydrogens is 366 g/mol. The number of aryl methyl sites for hydroxylation is 3. The van der Waals surface area contributed by atoms with Crippen LogP contribution in [0.15, 0.2) is 27.6 Å². The number of fused-ring (bicyclic) bond motifs is 1. The zero-order valence-electron chi connectivity index (χ0n) is 15.6. The van der Waals surface area contributed by atoms with Gasteiger partial charge in [0.05, 0.1) is 11.0 Å². The minimum atomic E-state index is -3.51. The molecule has 8 heteroatoms. The lowest BCUT2D eigenvalue weighted by Gasteiger charge is -2.31. The third kappa shape index (κ3) is 4.07. The molecule has 0 N–H and O–H groups in total. The first-order valence-electron chi connectivity index (χ1n) is 9.55. The van der Waals surface area contributed by atoms with E-state index in [1.165, 1.54) is 17.5 Å². The Morgan fingerprint density at radius 2 is 2.04 bits per heavy atom. The lowest BCUT2D eigenvalue weighted by molar-refractivity contribution is -0.00296. The molecule has 2 heterocycles. The molecule has 1 aliphatic carbocycles. The van der Waals surface area contributed by atoms with Gasteiger partial charge in [0.15, 0.2) is 5.82 Å². The molecule has 1 aliphatic heterocycles. The van der Waals surface area contributed by atoms with Crippen molar-refractivity contribution in [1.82, 2.24) is 14.4 Å². The monoisotopic (exact) mass is 391 g/mol. The van der Waals surface area contributed by atoms with Crippen LogP contribution in [0.1, 0.15) is 48.5 Å². The van der Waals surface area contributed by atoms with Crippen molar-refractivity contribution in [3.8, 4) is 0 Å². The van der Waals surface area contributed by atoms with Gasteiger partial charge in [-0.15, -0.1) is 0 Å². The molecule has 1 fully saturated rings. The van der Waals surface area contributed by atoms with Gasteiger partial charge in [-0.1, -0.05) is 11.2 Å². The Balaban J connectivity index is 1.45. The molecule has 0 spiro atoms. The number of benzene rings is 1. The summed E-state index contributed by atoms with van der Waals surface area (Å²) in [6.07, 6.45) is 5.76. The smallest absolute Gasteiger partial charge is 0.252 e. The molecule has 2 aliphatic rings. The highest BCUT2D eigenvalue weighted by Gasteiger charge is 2.31. The van der Waals surface area contributed by atoms with Crippen LogP contribution in [0.2, 0.25) is 0 Å². The van der Waals surface area contributed by atoms with Crippen molar-refractivity contribution in [3.63, 3.8) is 0 Å². The average Bonchev–Trinajstić information content (AvgIpc) is 3.11. The fourth-order valence-corrected chi connectivity index (χ4v) is 5.43. The first-order valence-corrected chi connectivity index (χ1v) is 11.0. The van der Waals surface area contributed by atoms with Gasteiger partial charge in [0.25, 0.3) is 5.89 Å². The Kier molecular flexibility index (Phi) is 5.29. The van der Waals surface area contributed by atoms with E-state index in [4.69, 9.17) is 9.26 Å². The van der Waals surface area contributed by atoms with Crippen molar-refractivity contribution in [3.05, 3.63) is 41.0 Å². The highest BCUT2D eigenvalue weighted by molar-refractivity contribution is 7.89. The maximum absolute atomic E-state index is 13.1. The number of hydrogen-bond acceptors (Lipinski definition) is 6. The molecule has 4 rings (SSSR count). The molecule has 0 radical (unpaired) electrons. The lowest BCUT2D eigenvalue weighted by Crippen LogP contribution is -2.43. The van der Waals surface area contributed by atoms with Gasteiger partial charge in [0.1, 0.15) is 6.61 Å². The van der Waals surface area contributed by atoms with Gasteiger partial charge in [-0.25, -0.2) is 8.42 Å². The predicted octanol–water partition coefficient (Wildman–Crippen LogP) is 2.63. The summed E-state index contributed by atoms with van der Waals surface area (Å²) >= 11 is 0. The molecule has 1 atom stereocenters. The van der Waals surface area contributed by atoms with Crippen LogP contribution in [0.25, 0.3) is 0 Å². The Bertz CT molecular complexity index is 909. The predicted molar refractivity (Wildman–Crippen MR) is 98.7 cm³/mol. The topological polar surface area (TPSA) is 85.5 Å². The van der Waals surface area contributed by atoms with Gasteiger partial charge in [0.2, 0.25) is 10.0 Å². The van der Waals surface area contributed by atoms with Crippen LogP contribution >= 0.6 is 0 Å². The van der Waals surface area contributed by atoms with E-state index < -0.39 is 10.0 Å². The van der Waals surface area contributed by atoms with Crippen LogP contribution in [0.4, 0.5) is 0 Å². The Morgan fingerprint density at radius 1 is 1.22 bits per heavy atom. The number of nitrogens with zero attached hydrogens (tertiary/aromatic N) is 3. The second kappa shape index (κ2) is 7.69. The van der Waals surface area contributed by atoms with Gasteiger partial charge in [0, 0.05) is 13.1 Å². The standard InChI is InChI=1S/C19H25N3O4S/c1-14-20-19(26-21-14)13-25-17-7-4-10-22(12-17)27(23,24)18-9-8-15-5-2-3-6-16(15)11-18/h8-9,11,17H,2-7,10,12-13H2,1H3. The molecule has 2 aromatic rings. The van der Waals surface area contributed by atoms with Gasteiger partial charge >= 0.3 is 0 Å². The minimum absolute atomic E-state index is 0.168. The normalized spacial score (nSPS) is 21.1. The van der Waals surface area contributed by atoms with Crippen molar-refractivity contribution in [1.29, 1.82) is 0 Å². The largest absolute Gasteiger partial charge is 0.367 e. The van der Waals surface area contributed by atoms with E-state index in [-0.39, 0.29) is 12.7 Å². The molecule has 27 heavy (non-hydrogen) atoms. The molecule has 1 saturated heterocycles. The van der Waals surface area contributed by atoms with Crippen molar-refractivity contribution in [2.24, 2.45) is 0 Å². The zero-order chi connectivity index (χ0) is 18.9. The molecule has 7 nitrogen and oxygen atoms in total. The Labute approximate surface area is 159 Å². The first kappa shape index (κ1) is 18.6.